The second-order valence-corrected chi connectivity index (χ2v) is 9.80. The van der Waals surface area contributed by atoms with Gasteiger partial charge in [-0.1, -0.05) is 29.8 Å². The molecule has 1 aliphatic rings. The van der Waals surface area contributed by atoms with Crippen molar-refractivity contribution in [2.24, 2.45) is 0 Å². The number of halogens is 1. The third kappa shape index (κ3) is 6.98. The molecule has 1 aliphatic heterocycles. The van der Waals surface area contributed by atoms with E-state index in [-0.39, 0.29) is 6.61 Å². The number of β-amino-alcohol motifs (C(OH)–C–C–N with tert-alkyl or cyclic N) is 1. The maximum atomic E-state index is 11.2. The van der Waals surface area contributed by atoms with Crippen molar-refractivity contribution >= 4 is 11.6 Å². The Morgan fingerprint density at radius 2 is 1.91 bits per heavy atom. The van der Waals surface area contributed by atoms with Crippen LogP contribution in [-0.4, -0.2) is 51.7 Å². The van der Waals surface area contributed by atoms with E-state index in [9.17, 15) is 5.11 Å². The summed E-state index contributed by atoms with van der Waals surface area (Å²) in [7, 11) is 0. The average Bonchev–Trinajstić information content (AvgIpc) is 3.23. The van der Waals surface area contributed by atoms with Gasteiger partial charge in [0.1, 0.15) is 23.7 Å². The van der Waals surface area contributed by atoms with Gasteiger partial charge in [-0.15, -0.1) is 0 Å². The van der Waals surface area contributed by atoms with Crippen molar-refractivity contribution in [1.82, 2.24) is 14.7 Å². The van der Waals surface area contributed by atoms with Crippen molar-refractivity contribution in [3.63, 3.8) is 0 Å². The lowest BCUT2D eigenvalue weighted by molar-refractivity contribution is -0.0620. The van der Waals surface area contributed by atoms with Gasteiger partial charge in [0.25, 0.3) is 0 Å². The number of rotatable bonds is 10. The van der Waals surface area contributed by atoms with Gasteiger partial charge in [-0.25, -0.2) is 0 Å². The van der Waals surface area contributed by atoms with Crippen LogP contribution in [0.3, 0.4) is 0 Å². The Labute approximate surface area is 207 Å². The first-order valence-corrected chi connectivity index (χ1v) is 12.3. The predicted molar refractivity (Wildman–Crippen MR) is 135 cm³/mol. The molecule has 0 radical (unpaired) electrons. The molecule has 7 heteroatoms. The zero-order valence-electron chi connectivity index (χ0n) is 20.0. The van der Waals surface area contributed by atoms with E-state index < -0.39 is 5.60 Å². The molecule has 2 heterocycles. The van der Waals surface area contributed by atoms with Gasteiger partial charge in [-0.2, -0.15) is 5.10 Å². The largest absolute Gasteiger partial charge is 0.494 e. The number of hydrogen-bond donors (Lipinski definition) is 1. The van der Waals surface area contributed by atoms with Crippen molar-refractivity contribution in [2.75, 3.05) is 26.3 Å². The van der Waals surface area contributed by atoms with E-state index in [0.717, 1.165) is 50.2 Å². The molecule has 0 amide bonds. The highest BCUT2D eigenvalue weighted by Gasteiger charge is 2.34. The molecule has 2 aromatic carbocycles. The van der Waals surface area contributed by atoms with Crippen LogP contribution in [0.25, 0.3) is 0 Å². The second-order valence-electron chi connectivity index (χ2n) is 9.39. The fourth-order valence-electron chi connectivity index (χ4n) is 4.35. The molecule has 0 unspecified atom stereocenters. The van der Waals surface area contributed by atoms with Crippen molar-refractivity contribution in [1.29, 1.82) is 0 Å². The first kappa shape index (κ1) is 24.6. The Morgan fingerprint density at radius 1 is 1.09 bits per heavy atom. The summed E-state index contributed by atoms with van der Waals surface area (Å²) in [5.74, 6) is 1.50. The molecule has 1 saturated heterocycles. The Balaban J connectivity index is 1.23. The van der Waals surface area contributed by atoms with Crippen molar-refractivity contribution in [3.8, 4) is 11.5 Å². The average molecular weight is 484 g/mol. The molecule has 34 heavy (non-hydrogen) atoms. The van der Waals surface area contributed by atoms with Crippen LogP contribution in [0, 0.1) is 13.8 Å². The monoisotopic (exact) mass is 483 g/mol. The summed E-state index contributed by atoms with van der Waals surface area (Å²) in [5.41, 5.74) is 2.57. The zero-order chi connectivity index (χ0) is 24.0. The summed E-state index contributed by atoms with van der Waals surface area (Å²) >= 11 is 6.25. The van der Waals surface area contributed by atoms with Gasteiger partial charge in [0, 0.05) is 32.3 Å². The molecule has 0 aliphatic carbocycles. The Morgan fingerprint density at radius 3 is 2.68 bits per heavy atom. The molecule has 182 valence electrons. The fraction of sp³-hybridized carbons (Fsp3) is 0.444. The number of likely N-dealkylation sites (tertiary alicyclic amines) is 1. The normalized spacial score (nSPS) is 18.7. The van der Waals surface area contributed by atoms with Gasteiger partial charge >= 0.3 is 0 Å². The SMILES string of the molecule is Cc1ccc(Cl)c(OC[C@@]2(O)CCCN(Cc3ccc(OCCCn4cc(C)cn4)cc3)C2)c1. The maximum Gasteiger partial charge on any atom is 0.138 e. The van der Waals surface area contributed by atoms with E-state index in [1.807, 2.05) is 61.3 Å². The molecule has 3 aromatic rings. The molecule has 1 N–H and O–H groups in total. The molecule has 0 saturated carbocycles. The number of hydrogen-bond acceptors (Lipinski definition) is 5. The fourth-order valence-corrected chi connectivity index (χ4v) is 4.52. The van der Waals surface area contributed by atoms with Gasteiger partial charge in [0.15, 0.2) is 0 Å². The van der Waals surface area contributed by atoms with Crippen LogP contribution in [0.5, 0.6) is 11.5 Å². The first-order chi connectivity index (χ1) is 16.4. The van der Waals surface area contributed by atoms with Crippen LogP contribution >= 0.6 is 11.6 Å². The second kappa shape index (κ2) is 11.3. The van der Waals surface area contributed by atoms with Crippen molar-refractivity contribution in [2.45, 2.75) is 51.8 Å². The van der Waals surface area contributed by atoms with E-state index in [2.05, 4.69) is 22.1 Å². The number of ether oxygens (including phenoxy) is 2. The summed E-state index contributed by atoms with van der Waals surface area (Å²) in [6.07, 6.45) is 6.47. The van der Waals surface area contributed by atoms with Crippen molar-refractivity contribution < 1.29 is 14.6 Å². The van der Waals surface area contributed by atoms with Crippen LogP contribution in [0.2, 0.25) is 5.02 Å². The summed E-state index contributed by atoms with van der Waals surface area (Å²) in [6, 6.07) is 13.9. The molecule has 1 aromatic heterocycles. The highest BCUT2D eigenvalue weighted by Crippen LogP contribution is 2.29. The smallest absolute Gasteiger partial charge is 0.138 e. The number of benzene rings is 2. The molecular formula is C27H34ClN3O3. The number of aromatic nitrogens is 2. The molecule has 1 atom stereocenters. The van der Waals surface area contributed by atoms with Gasteiger partial charge in [-0.05, 0) is 74.2 Å². The lowest BCUT2D eigenvalue weighted by atomic mass is 9.93. The number of aryl methyl sites for hydroxylation is 3. The van der Waals surface area contributed by atoms with Crippen LogP contribution in [-0.2, 0) is 13.1 Å². The lowest BCUT2D eigenvalue weighted by Crippen LogP contribution is -2.51. The first-order valence-electron chi connectivity index (χ1n) is 11.9. The topological polar surface area (TPSA) is 59.8 Å². The zero-order valence-corrected chi connectivity index (χ0v) is 20.8. The van der Waals surface area contributed by atoms with Crippen LogP contribution in [0.1, 0.15) is 36.0 Å². The molecule has 6 nitrogen and oxygen atoms in total. The van der Waals surface area contributed by atoms with Gasteiger partial charge in [0.05, 0.1) is 17.8 Å². The van der Waals surface area contributed by atoms with Gasteiger partial charge in [-0.3, -0.25) is 9.58 Å². The van der Waals surface area contributed by atoms with Gasteiger partial charge in [0.2, 0.25) is 0 Å². The van der Waals surface area contributed by atoms with Crippen LogP contribution in [0.4, 0.5) is 0 Å². The lowest BCUT2D eigenvalue weighted by Gasteiger charge is -2.39. The van der Waals surface area contributed by atoms with E-state index >= 15 is 0 Å². The number of nitrogens with zero attached hydrogens (tertiary/aromatic N) is 3. The van der Waals surface area contributed by atoms with E-state index in [4.69, 9.17) is 21.1 Å². The predicted octanol–water partition coefficient (Wildman–Crippen LogP) is 5.03. The van der Waals surface area contributed by atoms with Crippen LogP contribution in [0.15, 0.2) is 54.9 Å². The Hall–Kier alpha value is -2.54. The summed E-state index contributed by atoms with van der Waals surface area (Å²) in [5, 5.41) is 16.0. The maximum absolute atomic E-state index is 11.2. The summed E-state index contributed by atoms with van der Waals surface area (Å²) in [6.45, 7) is 8.09. The number of aliphatic hydroxyl groups is 1. The Bertz CT molecular complexity index is 1070. The molecule has 0 bridgehead atoms. The minimum atomic E-state index is -0.887. The van der Waals surface area contributed by atoms with E-state index in [1.165, 1.54) is 11.1 Å². The highest BCUT2D eigenvalue weighted by molar-refractivity contribution is 6.32. The summed E-state index contributed by atoms with van der Waals surface area (Å²) < 4.78 is 13.7. The molecule has 1 fully saturated rings. The van der Waals surface area contributed by atoms with Gasteiger partial charge < -0.3 is 14.6 Å². The summed E-state index contributed by atoms with van der Waals surface area (Å²) in [4.78, 5) is 2.28. The third-order valence-electron chi connectivity index (χ3n) is 6.11. The third-order valence-corrected chi connectivity index (χ3v) is 6.42. The minimum Gasteiger partial charge on any atom is -0.494 e. The van der Waals surface area contributed by atoms with E-state index in [0.29, 0.717) is 23.9 Å². The highest BCUT2D eigenvalue weighted by atomic mass is 35.5. The molecule has 0 spiro atoms. The van der Waals surface area contributed by atoms with E-state index in [1.54, 1.807) is 0 Å². The molecule has 4 rings (SSSR count). The number of piperidine rings is 1. The van der Waals surface area contributed by atoms with Crippen molar-refractivity contribution in [3.05, 3.63) is 76.6 Å². The standard InChI is InChI=1S/C27H34ClN3O3/c1-21-5-10-25(28)26(15-21)34-20-27(32)11-3-12-30(19-27)18-23-6-8-24(9-7-23)33-14-4-13-31-17-22(2)16-29-31/h5-10,15-17,32H,3-4,11-14,18-20H2,1-2H3/t27-/m1/s1. The molecular weight excluding hydrogens is 450 g/mol. The minimum absolute atomic E-state index is 0.234. The quantitative estimate of drug-likeness (QED) is 0.410. The Kier molecular flexibility index (Phi) is 8.14. The van der Waals surface area contributed by atoms with Crippen LogP contribution < -0.4 is 9.47 Å².